The second-order valence-corrected chi connectivity index (χ2v) is 10.4. The highest BCUT2D eigenvalue weighted by molar-refractivity contribution is 7.99. The number of rotatable bonds is 7. The number of amides is 1. The summed E-state index contributed by atoms with van der Waals surface area (Å²) in [6.07, 6.45) is -0.743. The molecule has 1 heterocycles. The monoisotopic (exact) mass is 523 g/mol. The Labute approximate surface area is 224 Å². The molecular formula is C31H25NO5S. The number of fused-ring (bicyclic) bond motifs is 5. The summed E-state index contributed by atoms with van der Waals surface area (Å²) in [5.74, 6) is 0.452. The first-order chi connectivity index (χ1) is 18.6. The number of hydrogen-bond acceptors (Lipinski definition) is 5. The highest BCUT2D eigenvalue weighted by Gasteiger charge is 2.32. The van der Waals surface area contributed by atoms with Crippen LogP contribution in [0.3, 0.4) is 0 Å². The van der Waals surface area contributed by atoms with Crippen molar-refractivity contribution in [2.45, 2.75) is 17.2 Å². The number of carbonyl (C=O) groups is 2. The molecule has 6 nitrogen and oxygen atoms in total. The molecule has 7 heteroatoms. The molecule has 0 fully saturated rings. The normalized spacial score (nSPS) is 14.3. The fraction of sp³-hybridized carbons (Fsp3) is 0.161. The molecule has 1 amide bonds. The van der Waals surface area contributed by atoms with Gasteiger partial charge in [0.05, 0.1) is 5.25 Å². The van der Waals surface area contributed by atoms with Crippen molar-refractivity contribution in [1.29, 1.82) is 0 Å². The Morgan fingerprint density at radius 2 is 1.29 bits per heavy atom. The molecule has 2 N–H and O–H groups in total. The van der Waals surface area contributed by atoms with E-state index in [0.717, 1.165) is 44.9 Å². The van der Waals surface area contributed by atoms with Crippen LogP contribution in [0.1, 0.15) is 33.4 Å². The number of carboxylic acids is 1. The predicted octanol–water partition coefficient (Wildman–Crippen LogP) is 6.61. The minimum absolute atomic E-state index is 0.0963. The van der Waals surface area contributed by atoms with Gasteiger partial charge in [0.25, 0.3) is 0 Å². The van der Waals surface area contributed by atoms with E-state index in [1.807, 2.05) is 84.9 Å². The van der Waals surface area contributed by atoms with Gasteiger partial charge in [-0.3, -0.25) is 0 Å². The van der Waals surface area contributed by atoms with Crippen molar-refractivity contribution in [1.82, 2.24) is 5.32 Å². The van der Waals surface area contributed by atoms with Crippen molar-refractivity contribution in [2.75, 3.05) is 12.4 Å². The lowest BCUT2D eigenvalue weighted by Crippen LogP contribution is -2.43. The SMILES string of the molecule is O=C(N[C@@H](CSC1c2ccccc2Oc2ccccc21)C(=O)O)OCC1c2ccccc2-c2ccccc21. The first kappa shape index (κ1) is 24.1. The standard InChI is InChI=1S/C31H25NO5S/c33-30(34)26(18-38-29-23-13-5-7-15-27(23)37-28-16-8-6-14-24(28)29)32-31(35)36-17-25-21-11-3-1-9-19(21)20-10-2-4-12-22(20)25/h1-16,25-26,29H,17-18H2,(H,32,35)(H,33,34)/t26-/m0/s1. The predicted molar refractivity (Wildman–Crippen MR) is 147 cm³/mol. The van der Waals surface area contributed by atoms with Gasteiger partial charge in [-0.05, 0) is 34.4 Å². The zero-order valence-corrected chi connectivity index (χ0v) is 21.2. The Bertz CT molecular complexity index is 1430. The summed E-state index contributed by atoms with van der Waals surface area (Å²) in [5.41, 5.74) is 6.42. The van der Waals surface area contributed by atoms with E-state index >= 15 is 0 Å². The Morgan fingerprint density at radius 1 is 0.789 bits per heavy atom. The third-order valence-electron chi connectivity index (χ3n) is 6.99. The minimum atomic E-state index is -1.11. The first-order valence-electron chi connectivity index (χ1n) is 12.4. The third-order valence-corrected chi connectivity index (χ3v) is 8.35. The van der Waals surface area contributed by atoms with E-state index in [4.69, 9.17) is 9.47 Å². The molecule has 0 bridgehead atoms. The van der Waals surface area contributed by atoms with Gasteiger partial charge < -0.3 is 19.9 Å². The number of carbonyl (C=O) groups excluding carboxylic acids is 1. The van der Waals surface area contributed by atoms with Gasteiger partial charge in [-0.15, -0.1) is 11.8 Å². The molecule has 4 aromatic rings. The largest absolute Gasteiger partial charge is 0.480 e. The van der Waals surface area contributed by atoms with Crippen LogP contribution < -0.4 is 10.1 Å². The van der Waals surface area contributed by atoms with E-state index in [9.17, 15) is 14.7 Å². The van der Waals surface area contributed by atoms with Gasteiger partial charge >= 0.3 is 12.1 Å². The lowest BCUT2D eigenvalue weighted by molar-refractivity contribution is -0.138. The molecule has 1 atom stereocenters. The number of aliphatic carboxylic acids is 1. The summed E-state index contributed by atoms with van der Waals surface area (Å²) in [6.45, 7) is 0.125. The summed E-state index contributed by atoms with van der Waals surface area (Å²) >= 11 is 1.45. The molecule has 4 aromatic carbocycles. The van der Waals surface area contributed by atoms with E-state index in [1.54, 1.807) is 0 Å². The average molecular weight is 524 g/mol. The van der Waals surface area contributed by atoms with Crippen LogP contribution in [-0.2, 0) is 9.53 Å². The molecule has 0 radical (unpaired) electrons. The number of alkyl carbamates (subject to hydrolysis) is 1. The lowest BCUT2D eigenvalue weighted by Gasteiger charge is -2.28. The van der Waals surface area contributed by atoms with Crippen LogP contribution in [0.5, 0.6) is 11.5 Å². The van der Waals surface area contributed by atoms with Crippen LogP contribution in [0.15, 0.2) is 97.1 Å². The highest BCUT2D eigenvalue weighted by Crippen LogP contribution is 2.49. The summed E-state index contributed by atoms with van der Waals surface area (Å²) < 4.78 is 11.6. The van der Waals surface area contributed by atoms with E-state index in [2.05, 4.69) is 17.4 Å². The van der Waals surface area contributed by atoms with E-state index in [1.165, 1.54) is 11.8 Å². The van der Waals surface area contributed by atoms with Crippen molar-refractivity contribution in [3.05, 3.63) is 119 Å². The summed E-state index contributed by atoms with van der Waals surface area (Å²) in [7, 11) is 0. The van der Waals surface area contributed by atoms with E-state index in [0.29, 0.717) is 0 Å². The maximum Gasteiger partial charge on any atom is 0.407 e. The second kappa shape index (κ2) is 10.3. The summed E-state index contributed by atoms with van der Waals surface area (Å²) in [4.78, 5) is 24.8. The fourth-order valence-electron chi connectivity index (χ4n) is 5.20. The Kier molecular flexibility index (Phi) is 6.52. The molecule has 0 saturated carbocycles. The zero-order valence-electron chi connectivity index (χ0n) is 20.4. The first-order valence-corrected chi connectivity index (χ1v) is 13.5. The molecule has 6 rings (SSSR count). The Hall–Kier alpha value is -4.23. The zero-order chi connectivity index (χ0) is 26.1. The van der Waals surface area contributed by atoms with Crippen LogP contribution in [0.2, 0.25) is 0 Å². The number of thioether (sulfide) groups is 1. The molecule has 2 aliphatic rings. The van der Waals surface area contributed by atoms with Crippen LogP contribution in [0.4, 0.5) is 4.79 Å². The van der Waals surface area contributed by atoms with Gasteiger partial charge in [0.2, 0.25) is 0 Å². The molecule has 0 unspecified atom stereocenters. The molecule has 1 aliphatic heterocycles. The van der Waals surface area contributed by atoms with E-state index < -0.39 is 18.1 Å². The number of para-hydroxylation sites is 2. The number of hydrogen-bond donors (Lipinski definition) is 2. The maximum absolute atomic E-state index is 12.8. The van der Waals surface area contributed by atoms with Gasteiger partial charge in [0, 0.05) is 22.8 Å². The number of ether oxygens (including phenoxy) is 2. The van der Waals surface area contributed by atoms with Crippen LogP contribution in [0, 0.1) is 0 Å². The number of nitrogens with one attached hydrogen (secondary N) is 1. The molecule has 1 aliphatic carbocycles. The quantitative estimate of drug-likeness (QED) is 0.284. The van der Waals surface area contributed by atoms with Crippen molar-refractivity contribution >= 4 is 23.8 Å². The highest BCUT2D eigenvalue weighted by atomic mass is 32.2. The van der Waals surface area contributed by atoms with Gasteiger partial charge in [-0.25, -0.2) is 9.59 Å². The molecule has 0 saturated heterocycles. The van der Waals surface area contributed by atoms with Gasteiger partial charge in [-0.2, -0.15) is 0 Å². The lowest BCUT2D eigenvalue weighted by atomic mass is 9.98. The van der Waals surface area contributed by atoms with Crippen LogP contribution in [0.25, 0.3) is 11.1 Å². The van der Waals surface area contributed by atoms with Crippen molar-refractivity contribution < 1.29 is 24.2 Å². The fourth-order valence-corrected chi connectivity index (χ4v) is 6.55. The van der Waals surface area contributed by atoms with Gasteiger partial charge in [-0.1, -0.05) is 84.9 Å². The van der Waals surface area contributed by atoms with Crippen molar-refractivity contribution in [2.24, 2.45) is 0 Å². The van der Waals surface area contributed by atoms with E-state index in [-0.39, 0.29) is 23.5 Å². The van der Waals surface area contributed by atoms with Gasteiger partial charge in [0.1, 0.15) is 24.1 Å². The number of carboxylic acid groups (broad SMARTS) is 1. The Balaban J connectivity index is 1.13. The van der Waals surface area contributed by atoms with Crippen LogP contribution >= 0.6 is 11.8 Å². The van der Waals surface area contributed by atoms with Crippen molar-refractivity contribution in [3.63, 3.8) is 0 Å². The minimum Gasteiger partial charge on any atom is -0.480 e. The molecular weight excluding hydrogens is 498 g/mol. The number of benzene rings is 4. The van der Waals surface area contributed by atoms with Crippen LogP contribution in [-0.4, -0.2) is 35.6 Å². The molecule has 38 heavy (non-hydrogen) atoms. The van der Waals surface area contributed by atoms with Crippen molar-refractivity contribution in [3.8, 4) is 22.6 Å². The maximum atomic E-state index is 12.8. The molecule has 190 valence electrons. The summed E-state index contributed by atoms with van der Waals surface area (Å²) in [6, 6.07) is 30.5. The molecule has 0 aromatic heterocycles. The summed E-state index contributed by atoms with van der Waals surface area (Å²) in [5, 5.41) is 12.3. The van der Waals surface area contributed by atoms with Gasteiger partial charge in [0.15, 0.2) is 0 Å². The topological polar surface area (TPSA) is 84.9 Å². The smallest absolute Gasteiger partial charge is 0.407 e. The third kappa shape index (κ3) is 4.50. The average Bonchev–Trinajstić information content (AvgIpc) is 3.27. The second-order valence-electron chi connectivity index (χ2n) is 9.25. The molecule has 0 spiro atoms. The Morgan fingerprint density at radius 3 is 1.84 bits per heavy atom.